The molecule has 25 heavy (non-hydrogen) atoms. The zero-order chi connectivity index (χ0) is 17.8. The summed E-state index contributed by atoms with van der Waals surface area (Å²) in [5.74, 6) is -0.981. The topological polar surface area (TPSA) is 49.4 Å². The summed E-state index contributed by atoms with van der Waals surface area (Å²) in [4.78, 5) is 26.8. The number of hydrogen-bond acceptors (Lipinski definition) is 2. The Bertz CT molecular complexity index is 779. The van der Waals surface area contributed by atoms with Crippen molar-refractivity contribution < 1.29 is 14.0 Å². The number of hydrogen-bond donors (Lipinski definition) is 1. The van der Waals surface area contributed by atoms with Crippen molar-refractivity contribution in [3.05, 3.63) is 64.9 Å². The van der Waals surface area contributed by atoms with Gasteiger partial charge in [-0.15, -0.1) is 0 Å². The first-order valence-corrected chi connectivity index (χ1v) is 8.52. The number of benzene rings is 2. The molecule has 2 amide bonds. The summed E-state index contributed by atoms with van der Waals surface area (Å²) in [6, 6.07) is 12.5. The van der Waals surface area contributed by atoms with Crippen molar-refractivity contribution in [2.24, 2.45) is 5.92 Å². The van der Waals surface area contributed by atoms with E-state index in [4.69, 9.17) is 11.6 Å². The second-order valence-electron chi connectivity index (χ2n) is 6.07. The number of piperidine rings is 1. The van der Waals surface area contributed by atoms with Crippen LogP contribution in [-0.4, -0.2) is 29.8 Å². The molecule has 4 nitrogen and oxygen atoms in total. The average molecular weight is 361 g/mol. The summed E-state index contributed by atoms with van der Waals surface area (Å²) >= 11 is 6.10. The fourth-order valence-electron chi connectivity index (χ4n) is 2.96. The smallest absolute Gasteiger partial charge is 0.255 e. The predicted octanol–water partition coefficient (Wildman–Crippen LogP) is 3.97. The lowest BCUT2D eigenvalue weighted by atomic mass is 9.96. The van der Waals surface area contributed by atoms with Gasteiger partial charge in [0.1, 0.15) is 5.82 Å². The van der Waals surface area contributed by atoms with E-state index < -0.39 is 0 Å². The molecule has 0 unspecified atom stereocenters. The maximum atomic E-state index is 12.9. The van der Waals surface area contributed by atoms with Crippen LogP contribution in [0.2, 0.25) is 5.02 Å². The van der Waals surface area contributed by atoms with Crippen LogP contribution in [0.3, 0.4) is 0 Å². The molecule has 0 radical (unpaired) electrons. The lowest BCUT2D eigenvalue weighted by molar-refractivity contribution is -0.121. The molecule has 130 valence electrons. The average Bonchev–Trinajstić information content (AvgIpc) is 2.63. The fraction of sp³-hybridized carbons (Fsp3) is 0.263. The van der Waals surface area contributed by atoms with Crippen LogP contribution >= 0.6 is 11.6 Å². The summed E-state index contributed by atoms with van der Waals surface area (Å²) < 4.78 is 12.9. The molecule has 1 aliphatic heterocycles. The second kappa shape index (κ2) is 7.66. The Labute approximate surface area is 150 Å². The number of amides is 2. The first kappa shape index (κ1) is 17.4. The third-order valence-corrected chi connectivity index (χ3v) is 4.63. The van der Waals surface area contributed by atoms with E-state index in [1.54, 1.807) is 29.2 Å². The van der Waals surface area contributed by atoms with Gasteiger partial charge in [-0.05, 0) is 49.2 Å². The number of nitrogens with one attached hydrogen (secondary N) is 1. The van der Waals surface area contributed by atoms with Gasteiger partial charge in [-0.2, -0.15) is 0 Å². The summed E-state index contributed by atoms with van der Waals surface area (Å²) in [6.45, 7) is 0.946. The Hall–Kier alpha value is -2.40. The molecule has 1 fully saturated rings. The van der Waals surface area contributed by atoms with E-state index in [9.17, 15) is 14.0 Å². The van der Waals surface area contributed by atoms with Crippen LogP contribution in [0.1, 0.15) is 23.2 Å². The van der Waals surface area contributed by atoms with Gasteiger partial charge in [-0.1, -0.05) is 23.7 Å². The van der Waals surface area contributed by atoms with Crippen LogP contribution in [0.15, 0.2) is 48.5 Å². The van der Waals surface area contributed by atoms with Crippen molar-refractivity contribution in [1.82, 2.24) is 4.90 Å². The van der Waals surface area contributed by atoms with Crippen LogP contribution in [0.4, 0.5) is 10.1 Å². The zero-order valence-electron chi connectivity index (χ0n) is 13.5. The molecule has 6 heteroatoms. The molecule has 3 rings (SSSR count). The van der Waals surface area contributed by atoms with Crippen LogP contribution < -0.4 is 5.32 Å². The highest BCUT2D eigenvalue weighted by Crippen LogP contribution is 2.23. The van der Waals surface area contributed by atoms with E-state index in [-0.39, 0.29) is 23.5 Å². The normalized spacial score (nSPS) is 17.2. The maximum absolute atomic E-state index is 12.9. The van der Waals surface area contributed by atoms with Crippen LogP contribution in [0.5, 0.6) is 0 Å². The van der Waals surface area contributed by atoms with Crippen molar-refractivity contribution in [1.29, 1.82) is 0 Å². The van der Waals surface area contributed by atoms with Gasteiger partial charge in [0.15, 0.2) is 0 Å². The minimum Gasteiger partial charge on any atom is -0.338 e. The van der Waals surface area contributed by atoms with Gasteiger partial charge in [0.05, 0.1) is 16.5 Å². The molecule has 0 aliphatic carbocycles. The van der Waals surface area contributed by atoms with E-state index in [2.05, 4.69) is 5.32 Å². The van der Waals surface area contributed by atoms with Gasteiger partial charge in [-0.25, -0.2) is 4.39 Å². The largest absolute Gasteiger partial charge is 0.338 e. The molecule has 1 saturated heterocycles. The summed E-state index contributed by atoms with van der Waals surface area (Å²) in [6.07, 6.45) is 1.46. The molecule has 1 N–H and O–H groups in total. The van der Waals surface area contributed by atoms with Gasteiger partial charge < -0.3 is 10.2 Å². The second-order valence-corrected chi connectivity index (χ2v) is 6.47. The number of likely N-dealkylation sites (tertiary alicyclic amines) is 1. The van der Waals surface area contributed by atoms with Gasteiger partial charge in [0.2, 0.25) is 5.91 Å². The molecule has 1 aliphatic rings. The highest BCUT2D eigenvalue weighted by Gasteiger charge is 2.29. The number of nitrogens with zero attached hydrogens (tertiary/aromatic N) is 1. The van der Waals surface area contributed by atoms with Crippen molar-refractivity contribution in [3.8, 4) is 0 Å². The Balaban J connectivity index is 1.66. The lowest BCUT2D eigenvalue weighted by Crippen LogP contribution is -2.43. The number of rotatable bonds is 3. The highest BCUT2D eigenvalue weighted by atomic mass is 35.5. The van der Waals surface area contributed by atoms with E-state index >= 15 is 0 Å². The molecule has 2 aromatic carbocycles. The zero-order valence-corrected chi connectivity index (χ0v) is 14.3. The van der Waals surface area contributed by atoms with Crippen LogP contribution in [0.25, 0.3) is 0 Å². The first-order chi connectivity index (χ1) is 12.0. The third-order valence-electron chi connectivity index (χ3n) is 4.30. The van der Waals surface area contributed by atoms with E-state index in [1.807, 2.05) is 0 Å². The SMILES string of the molecule is O=C(Nc1ccc(F)cc1)[C@@H]1CCCN(C(=O)c2ccccc2Cl)C1. The number of halogens is 2. The van der Waals surface area contributed by atoms with E-state index in [0.29, 0.717) is 35.8 Å². The Morgan fingerprint density at radius 3 is 2.56 bits per heavy atom. The Kier molecular flexibility index (Phi) is 5.34. The molecule has 2 aromatic rings. The molecule has 0 aromatic heterocycles. The first-order valence-electron chi connectivity index (χ1n) is 8.15. The number of anilines is 1. The van der Waals surface area contributed by atoms with Crippen molar-refractivity contribution in [3.63, 3.8) is 0 Å². The highest BCUT2D eigenvalue weighted by molar-refractivity contribution is 6.33. The minimum absolute atomic E-state index is 0.162. The summed E-state index contributed by atoms with van der Waals surface area (Å²) in [5, 5.41) is 3.19. The quantitative estimate of drug-likeness (QED) is 0.900. The number of carbonyl (C=O) groups excluding carboxylic acids is 2. The standard InChI is InChI=1S/C19H18ClFN2O2/c20-17-6-2-1-5-16(17)19(25)23-11-3-4-13(12-23)18(24)22-15-9-7-14(21)8-10-15/h1-2,5-10,13H,3-4,11-12H2,(H,22,24)/t13-/m1/s1. The van der Waals surface area contributed by atoms with Crippen molar-refractivity contribution in [2.75, 3.05) is 18.4 Å². The lowest BCUT2D eigenvalue weighted by Gasteiger charge is -2.32. The van der Waals surface area contributed by atoms with Crippen LogP contribution in [-0.2, 0) is 4.79 Å². The van der Waals surface area contributed by atoms with Gasteiger partial charge >= 0.3 is 0 Å². The predicted molar refractivity (Wildman–Crippen MR) is 95.1 cm³/mol. The van der Waals surface area contributed by atoms with Crippen molar-refractivity contribution in [2.45, 2.75) is 12.8 Å². The minimum atomic E-state index is -0.354. The van der Waals surface area contributed by atoms with Gasteiger partial charge in [0, 0.05) is 18.8 Å². The summed E-state index contributed by atoms with van der Waals surface area (Å²) in [5.41, 5.74) is 0.990. The molecule has 0 saturated carbocycles. The van der Waals surface area contributed by atoms with Gasteiger partial charge in [-0.3, -0.25) is 9.59 Å². The monoisotopic (exact) mass is 360 g/mol. The Morgan fingerprint density at radius 1 is 1.12 bits per heavy atom. The van der Waals surface area contributed by atoms with Crippen molar-refractivity contribution >= 4 is 29.1 Å². The molecular weight excluding hydrogens is 343 g/mol. The summed E-state index contributed by atoms with van der Waals surface area (Å²) in [7, 11) is 0. The van der Waals surface area contributed by atoms with Crippen LogP contribution in [0, 0.1) is 11.7 Å². The van der Waals surface area contributed by atoms with Gasteiger partial charge in [0.25, 0.3) is 5.91 Å². The molecule has 1 atom stereocenters. The fourth-order valence-corrected chi connectivity index (χ4v) is 3.17. The molecule has 0 bridgehead atoms. The maximum Gasteiger partial charge on any atom is 0.255 e. The number of carbonyl (C=O) groups is 2. The van der Waals surface area contributed by atoms with E-state index in [1.165, 1.54) is 24.3 Å². The molecule has 0 spiro atoms. The molecule has 1 heterocycles. The molecular formula is C19H18ClFN2O2. The third kappa shape index (κ3) is 4.17. The van der Waals surface area contributed by atoms with E-state index in [0.717, 1.165) is 6.42 Å². The Morgan fingerprint density at radius 2 is 1.84 bits per heavy atom.